The van der Waals surface area contributed by atoms with Gasteiger partial charge in [0.05, 0.1) is 0 Å². The minimum Gasteiger partial charge on any atom is -0.476 e. The van der Waals surface area contributed by atoms with Crippen LogP contribution < -0.4 is 5.32 Å². The summed E-state index contributed by atoms with van der Waals surface area (Å²) in [5, 5.41) is 11.8. The summed E-state index contributed by atoms with van der Waals surface area (Å²) in [6.45, 7) is 0. The molecule has 2 unspecified atom stereocenters. The van der Waals surface area contributed by atoms with Gasteiger partial charge in [0.1, 0.15) is 6.26 Å². The monoisotopic (exact) mass is 208 g/mol. The van der Waals surface area contributed by atoms with Crippen molar-refractivity contribution in [3.05, 3.63) is 12.0 Å². The van der Waals surface area contributed by atoms with Gasteiger partial charge < -0.3 is 14.8 Å². The number of aromatic carboxylic acids is 1. The summed E-state index contributed by atoms with van der Waals surface area (Å²) in [4.78, 5) is 14.4. The van der Waals surface area contributed by atoms with Gasteiger partial charge in [-0.15, -0.1) is 0 Å². The van der Waals surface area contributed by atoms with Gasteiger partial charge in [-0.2, -0.15) is 4.98 Å². The molecule has 0 saturated heterocycles. The van der Waals surface area contributed by atoms with Crippen molar-refractivity contribution >= 4 is 12.0 Å². The van der Waals surface area contributed by atoms with Crippen molar-refractivity contribution in [2.24, 2.45) is 11.8 Å². The first-order valence-electron chi connectivity index (χ1n) is 5.17. The number of carboxylic acid groups (broad SMARTS) is 1. The molecule has 2 aliphatic carbocycles. The van der Waals surface area contributed by atoms with Crippen LogP contribution in [0.5, 0.6) is 0 Å². The average molecular weight is 208 g/mol. The summed E-state index contributed by atoms with van der Waals surface area (Å²) in [7, 11) is 0. The Morgan fingerprint density at radius 2 is 2.20 bits per heavy atom. The SMILES string of the molecule is O=C(O)c1coc(NC2CC3CC3C2)n1. The van der Waals surface area contributed by atoms with Crippen molar-refractivity contribution in [2.75, 3.05) is 5.32 Å². The van der Waals surface area contributed by atoms with Crippen LogP contribution in [0.1, 0.15) is 29.8 Å². The van der Waals surface area contributed by atoms with Crippen LogP contribution in [-0.2, 0) is 0 Å². The number of rotatable bonds is 3. The quantitative estimate of drug-likeness (QED) is 0.788. The highest BCUT2D eigenvalue weighted by Gasteiger charge is 2.46. The van der Waals surface area contributed by atoms with Gasteiger partial charge in [-0.05, 0) is 31.1 Å². The summed E-state index contributed by atoms with van der Waals surface area (Å²) in [6, 6.07) is 0.743. The molecule has 1 aromatic heterocycles. The first-order valence-corrected chi connectivity index (χ1v) is 5.17. The molecule has 0 amide bonds. The molecule has 2 N–H and O–H groups in total. The van der Waals surface area contributed by atoms with Crippen LogP contribution in [0.15, 0.2) is 10.7 Å². The second-order valence-corrected chi connectivity index (χ2v) is 4.41. The largest absolute Gasteiger partial charge is 0.476 e. The molecule has 5 heteroatoms. The fourth-order valence-corrected chi connectivity index (χ4v) is 2.45. The Morgan fingerprint density at radius 1 is 1.47 bits per heavy atom. The second-order valence-electron chi connectivity index (χ2n) is 4.41. The maximum atomic E-state index is 10.6. The number of fused-ring (bicyclic) bond motifs is 1. The van der Waals surface area contributed by atoms with Crippen molar-refractivity contribution in [3.8, 4) is 0 Å². The molecule has 2 saturated carbocycles. The molecule has 0 bridgehead atoms. The Kier molecular flexibility index (Phi) is 1.74. The molecule has 2 aliphatic rings. The third kappa shape index (κ3) is 1.58. The Hall–Kier alpha value is -1.52. The van der Waals surface area contributed by atoms with Gasteiger partial charge >= 0.3 is 5.97 Å². The van der Waals surface area contributed by atoms with E-state index in [-0.39, 0.29) is 5.69 Å². The first-order chi connectivity index (χ1) is 7.22. The maximum Gasteiger partial charge on any atom is 0.357 e. The van der Waals surface area contributed by atoms with Crippen molar-refractivity contribution in [1.29, 1.82) is 0 Å². The van der Waals surface area contributed by atoms with E-state index in [4.69, 9.17) is 9.52 Å². The smallest absolute Gasteiger partial charge is 0.357 e. The van der Waals surface area contributed by atoms with E-state index in [9.17, 15) is 4.79 Å². The number of hydrogen-bond acceptors (Lipinski definition) is 4. The molecule has 0 spiro atoms. The number of oxazole rings is 1. The van der Waals surface area contributed by atoms with E-state index in [0.717, 1.165) is 24.7 Å². The standard InChI is InChI=1S/C10H12N2O3/c13-9(14)8-4-15-10(12-8)11-7-2-5-1-6(5)3-7/h4-7H,1-3H2,(H,11,12)(H,13,14). The number of anilines is 1. The third-order valence-electron chi connectivity index (χ3n) is 3.29. The van der Waals surface area contributed by atoms with Gasteiger partial charge in [0.15, 0.2) is 5.69 Å². The number of carboxylic acids is 1. The highest BCUT2D eigenvalue weighted by Crippen LogP contribution is 2.52. The minimum absolute atomic E-state index is 0.0411. The van der Waals surface area contributed by atoms with E-state index in [1.54, 1.807) is 0 Å². The molecule has 1 aromatic rings. The summed E-state index contributed by atoms with van der Waals surface area (Å²) in [6.07, 6.45) is 4.86. The first kappa shape index (κ1) is 8.76. The predicted molar refractivity (Wildman–Crippen MR) is 51.7 cm³/mol. The van der Waals surface area contributed by atoms with Crippen molar-refractivity contribution in [1.82, 2.24) is 4.98 Å². The lowest BCUT2D eigenvalue weighted by atomic mass is 10.2. The Bertz CT molecular complexity index is 391. The number of nitrogens with zero attached hydrogens (tertiary/aromatic N) is 1. The number of carbonyl (C=O) groups is 1. The molecule has 2 atom stereocenters. The van der Waals surface area contributed by atoms with E-state index < -0.39 is 5.97 Å². The molecule has 0 aromatic carbocycles. The lowest BCUT2D eigenvalue weighted by Crippen LogP contribution is -2.17. The maximum absolute atomic E-state index is 10.6. The van der Waals surface area contributed by atoms with Crippen molar-refractivity contribution in [3.63, 3.8) is 0 Å². The normalized spacial score (nSPS) is 32.4. The van der Waals surface area contributed by atoms with Gasteiger partial charge in [-0.1, -0.05) is 0 Å². The van der Waals surface area contributed by atoms with E-state index in [1.165, 1.54) is 12.7 Å². The molecule has 80 valence electrons. The highest BCUT2D eigenvalue weighted by molar-refractivity contribution is 5.85. The topological polar surface area (TPSA) is 75.4 Å². The molecule has 5 nitrogen and oxygen atoms in total. The molecular formula is C10H12N2O3. The molecule has 0 radical (unpaired) electrons. The van der Waals surface area contributed by atoms with Crippen LogP contribution in [-0.4, -0.2) is 22.1 Å². The van der Waals surface area contributed by atoms with E-state index >= 15 is 0 Å². The lowest BCUT2D eigenvalue weighted by molar-refractivity contribution is 0.0690. The number of aromatic nitrogens is 1. The van der Waals surface area contributed by atoms with Gasteiger partial charge in [0, 0.05) is 6.04 Å². The molecule has 2 fully saturated rings. The number of nitrogens with one attached hydrogen (secondary N) is 1. The predicted octanol–water partition coefficient (Wildman–Crippen LogP) is 1.58. The molecule has 0 aliphatic heterocycles. The van der Waals surface area contributed by atoms with Gasteiger partial charge in [0.2, 0.25) is 0 Å². The van der Waals surface area contributed by atoms with Crippen LogP contribution in [0.25, 0.3) is 0 Å². The average Bonchev–Trinajstić information content (AvgIpc) is 2.66. The summed E-state index contributed by atoms with van der Waals surface area (Å²) in [5.41, 5.74) is -0.0411. The molecule has 3 rings (SSSR count). The fourth-order valence-electron chi connectivity index (χ4n) is 2.45. The van der Waals surface area contributed by atoms with Crippen molar-refractivity contribution < 1.29 is 14.3 Å². The zero-order chi connectivity index (χ0) is 10.4. The van der Waals surface area contributed by atoms with E-state index in [0.29, 0.717) is 12.1 Å². The van der Waals surface area contributed by atoms with Crippen LogP contribution in [0.4, 0.5) is 6.01 Å². The molecular weight excluding hydrogens is 196 g/mol. The zero-order valence-electron chi connectivity index (χ0n) is 8.14. The second kappa shape index (κ2) is 2.98. The van der Waals surface area contributed by atoms with E-state index in [1.807, 2.05) is 0 Å². The third-order valence-corrected chi connectivity index (χ3v) is 3.29. The Labute approximate surface area is 86.5 Å². The lowest BCUT2D eigenvalue weighted by Gasteiger charge is -2.11. The van der Waals surface area contributed by atoms with Gasteiger partial charge in [-0.25, -0.2) is 4.79 Å². The van der Waals surface area contributed by atoms with Gasteiger partial charge in [-0.3, -0.25) is 0 Å². The Morgan fingerprint density at radius 3 is 2.80 bits per heavy atom. The number of hydrogen-bond donors (Lipinski definition) is 2. The van der Waals surface area contributed by atoms with Crippen LogP contribution in [0.2, 0.25) is 0 Å². The summed E-state index contributed by atoms with van der Waals surface area (Å²) in [5.74, 6) is 0.717. The van der Waals surface area contributed by atoms with Crippen LogP contribution in [0, 0.1) is 11.8 Å². The van der Waals surface area contributed by atoms with Gasteiger partial charge in [0.25, 0.3) is 6.01 Å². The molecule has 1 heterocycles. The molecule has 15 heavy (non-hydrogen) atoms. The van der Waals surface area contributed by atoms with Crippen LogP contribution in [0.3, 0.4) is 0 Å². The summed E-state index contributed by atoms with van der Waals surface area (Å²) < 4.78 is 5.03. The summed E-state index contributed by atoms with van der Waals surface area (Å²) >= 11 is 0. The minimum atomic E-state index is -1.05. The highest BCUT2D eigenvalue weighted by atomic mass is 16.4. The van der Waals surface area contributed by atoms with Crippen LogP contribution >= 0.6 is 0 Å². The fraction of sp³-hybridized carbons (Fsp3) is 0.600. The van der Waals surface area contributed by atoms with E-state index in [2.05, 4.69) is 10.3 Å². The van der Waals surface area contributed by atoms with Crippen molar-refractivity contribution in [2.45, 2.75) is 25.3 Å². The zero-order valence-corrected chi connectivity index (χ0v) is 8.14. The Balaban J connectivity index is 1.64.